The molecule has 4 nitrogen and oxygen atoms in total. The molecule has 0 spiro atoms. The van der Waals surface area contributed by atoms with E-state index < -0.39 is 0 Å². The number of nitrogens with zero attached hydrogens (tertiary/aromatic N) is 3. The lowest BCUT2D eigenvalue weighted by molar-refractivity contribution is 0.286. The number of pyridine rings is 1. The summed E-state index contributed by atoms with van der Waals surface area (Å²) in [6, 6.07) is 3.02. The Morgan fingerprint density at radius 3 is 2.75 bits per heavy atom. The molecule has 1 atom stereocenters. The molecule has 4 heteroatoms. The first kappa shape index (κ1) is 13.4. The maximum atomic E-state index is 4.57. The van der Waals surface area contributed by atoms with Crippen molar-refractivity contribution in [3.63, 3.8) is 0 Å². The van der Waals surface area contributed by atoms with Crippen molar-refractivity contribution in [1.82, 2.24) is 14.8 Å². The molecule has 0 radical (unpaired) electrons. The molecule has 3 rings (SSSR count). The normalized spacial score (nSPS) is 17.4. The highest BCUT2D eigenvalue weighted by Crippen LogP contribution is 2.31. The van der Waals surface area contributed by atoms with Crippen LogP contribution in [0.5, 0.6) is 0 Å². The standard InChI is InChI=1S/C16H24N4/c1-11(2)20-16-14(9-18-20)8-15(10-17-16)19-12(3)7-13-5-4-6-13/h8-13,19H,4-7H2,1-3H3. The van der Waals surface area contributed by atoms with Gasteiger partial charge in [-0.15, -0.1) is 0 Å². The van der Waals surface area contributed by atoms with E-state index in [0.717, 1.165) is 22.6 Å². The van der Waals surface area contributed by atoms with Gasteiger partial charge in [0.05, 0.1) is 18.1 Å². The van der Waals surface area contributed by atoms with Gasteiger partial charge in [-0.2, -0.15) is 5.10 Å². The summed E-state index contributed by atoms with van der Waals surface area (Å²) in [6.07, 6.45) is 9.34. The van der Waals surface area contributed by atoms with Gasteiger partial charge in [-0.1, -0.05) is 19.3 Å². The van der Waals surface area contributed by atoms with Crippen molar-refractivity contribution in [2.24, 2.45) is 5.92 Å². The molecule has 0 amide bonds. The zero-order chi connectivity index (χ0) is 14.1. The molecule has 0 saturated heterocycles. The summed E-state index contributed by atoms with van der Waals surface area (Å²) < 4.78 is 1.97. The van der Waals surface area contributed by atoms with Crippen molar-refractivity contribution in [2.45, 2.75) is 58.5 Å². The topological polar surface area (TPSA) is 42.7 Å². The Balaban J connectivity index is 1.72. The SMILES string of the molecule is CC(CC1CCC1)Nc1cnc2c(cnn2C(C)C)c1. The third-order valence-corrected chi connectivity index (χ3v) is 4.25. The van der Waals surface area contributed by atoms with E-state index in [2.05, 4.69) is 42.2 Å². The van der Waals surface area contributed by atoms with Crippen LogP contribution in [0.25, 0.3) is 11.0 Å². The minimum atomic E-state index is 0.344. The van der Waals surface area contributed by atoms with Crippen LogP contribution in [0.2, 0.25) is 0 Å². The quantitative estimate of drug-likeness (QED) is 0.894. The van der Waals surface area contributed by atoms with Gasteiger partial charge in [0.2, 0.25) is 0 Å². The maximum absolute atomic E-state index is 4.57. The Hall–Kier alpha value is -1.58. The third kappa shape index (κ3) is 2.65. The molecule has 0 bridgehead atoms. The van der Waals surface area contributed by atoms with Gasteiger partial charge in [-0.05, 0) is 39.2 Å². The second-order valence-electron chi connectivity index (χ2n) is 6.40. The van der Waals surface area contributed by atoms with E-state index >= 15 is 0 Å². The third-order valence-electron chi connectivity index (χ3n) is 4.25. The van der Waals surface area contributed by atoms with Gasteiger partial charge in [0.25, 0.3) is 0 Å². The Labute approximate surface area is 120 Å². The van der Waals surface area contributed by atoms with Crippen LogP contribution in [-0.4, -0.2) is 20.8 Å². The number of anilines is 1. The molecule has 1 aliphatic carbocycles. The predicted octanol–water partition coefficient (Wildman–Crippen LogP) is 4.00. The molecule has 1 unspecified atom stereocenters. The highest BCUT2D eigenvalue weighted by molar-refractivity contribution is 5.78. The Kier molecular flexibility index (Phi) is 3.64. The fourth-order valence-electron chi connectivity index (χ4n) is 2.97. The largest absolute Gasteiger partial charge is 0.381 e. The number of hydrogen-bond donors (Lipinski definition) is 1. The molecule has 1 saturated carbocycles. The minimum absolute atomic E-state index is 0.344. The molecule has 2 aromatic rings. The van der Waals surface area contributed by atoms with Gasteiger partial charge in [0.15, 0.2) is 5.65 Å². The molecule has 0 aromatic carbocycles. The van der Waals surface area contributed by atoms with E-state index in [0.29, 0.717) is 12.1 Å². The summed E-state index contributed by atoms with van der Waals surface area (Å²) in [5.41, 5.74) is 2.07. The first-order chi connectivity index (χ1) is 9.63. The lowest BCUT2D eigenvalue weighted by atomic mass is 9.81. The number of rotatable bonds is 5. The summed E-state index contributed by atoms with van der Waals surface area (Å²) in [5.74, 6) is 0.929. The van der Waals surface area contributed by atoms with E-state index in [-0.39, 0.29) is 0 Å². The number of nitrogens with one attached hydrogen (secondary N) is 1. The number of fused-ring (bicyclic) bond motifs is 1. The molecule has 1 N–H and O–H groups in total. The fraction of sp³-hybridized carbons (Fsp3) is 0.625. The Morgan fingerprint density at radius 2 is 2.10 bits per heavy atom. The van der Waals surface area contributed by atoms with Crippen molar-refractivity contribution in [1.29, 1.82) is 0 Å². The average Bonchev–Trinajstić information content (AvgIpc) is 2.77. The molecular formula is C16H24N4. The van der Waals surface area contributed by atoms with Crippen molar-refractivity contribution < 1.29 is 0 Å². The minimum Gasteiger partial charge on any atom is -0.381 e. The van der Waals surface area contributed by atoms with Crippen LogP contribution >= 0.6 is 0 Å². The number of hydrogen-bond acceptors (Lipinski definition) is 3. The van der Waals surface area contributed by atoms with Crippen LogP contribution in [0, 0.1) is 5.92 Å². The number of aromatic nitrogens is 3. The van der Waals surface area contributed by atoms with E-state index in [1.54, 1.807) is 0 Å². The van der Waals surface area contributed by atoms with Crippen LogP contribution in [0.4, 0.5) is 5.69 Å². The van der Waals surface area contributed by atoms with Gasteiger partial charge < -0.3 is 5.32 Å². The summed E-state index contributed by atoms with van der Waals surface area (Å²) in [6.45, 7) is 6.52. The van der Waals surface area contributed by atoms with Crippen LogP contribution < -0.4 is 5.32 Å². The van der Waals surface area contributed by atoms with Crippen molar-refractivity contribution >= 4 is 16.7 Å². The molecule has 108 valence electrons. The van der Waals surface area contributed by atoms with Gasteiger partial charge in [0, 0.05) is 17.5 Å². The molecule has 1 fully saturated rings. The van der Waals surface area contributed by atoms with Crippen molar-refractivity contribution in [3.05, 3.63) is 18.5 Å². The lowest BCUT2D eigenvalue weighted by Gasteiger charge is -2.28. The molecule has 2 aromatic heterocycles. The average molecular weight is 272 g/mol. The molecule has 0 aliphatic heterocycles. The lowest BCUT2D eigenvalue weighted by Crippen LogP contribution is -2.23. The monoisotopic (exact) mass is 272 g/mol. The second-order valence-corrected chi connectivity index (χ2v) is 6.40. The van der Waals surface area contributed by atoms with Crippen LogP contribution in [0.1, 0.15) is 52.5 Å². The maximum Gasteiger partial charge on any atom is 0.158 e. The summed E-state index contributed by atoms with van der Waals surface area (Å²) in [7, 11) is 0. The highest BCUT2D eigenvalue weighted by atomic mass is 15.3. The van der Waals surface area contributed by atoms with Gasteiger partial charge in [-0.25, -0.2) is 9.67 Å². The van der Waals surface area contributed by atoms with E-state index in [1.165, 1.54) is 25.7 Å². The zero-order valence-electron chi connectivity index (χ0n) is 12.6. The fourth-order valence-corrected chi connectivity index (χ4v) is 2.97. The first-order valence-electron chi connectivity index (χ1n) is 7.73. The molecule has 2 heterocycles. The summed E-state index contributed by atoms with van der Waals surface area (Å²) in [5, 5.41) is 9.10. The molecule has 1 aliphatic rings. The molecule has 20 heavy (non-hydrogen) atoms. The Morgan fingerprint density at radius 1 is 1.30 bits per heavy atom. The van der Waals surface area contributed by atoms with Crippen LogP contribution in [0.15, 0.2) is 18.5 Å². The summed E-state index contributed by atoms with van der Waals surface area (Å²) >= 11 is 0. The van der Waals surface area contributed by atoms with Crippen molar-refractivity contribution in [2.75, 3.05) is 5.32 Å². The highest BCUT2D eigenvalue weighted by Gasteiger charge is 2.20. The van der Waals surface area contributed by atoms with E-state index in [9.17, 15) is 0 Å². The predicted molar refractivity (Wildman–Crippen MR) is 83.0 cm³/mol. The summed E-state index contributed by atoms with van der Waals surface area (Å²) in [4.78, 5) is 4.57. The molecular weight excluding hydrogens is 248 g/mol. The van der Waals surface area contributed by atoms with Crippen molar-refractivity contribution in [3.8, 4) is 0 Å². The van der Waals surface area contributed by atoms with Gasteiger partial charge in [0.1, 0.15) is 0 Å². The van der Waals surface area contributed by atoms with E-state index in [4.69, 9.17) is 0 Å². The Bertz CT molecular complexity index is 583. The van der Waals surface area contributed by atoms with Crippen LogP contribution in [-0.2, 0) is 0 Å². The zero-order valence-corrected chi connectivity index (χ0v) is 12.6. The van der Waals surface area contributed by atoms with Crippen LogP contribution in [0.3, 0.4) is 0 Å². The smallest absolute Gasteiger partial charge is 0.158 e. The first-order valence-corrected chi connectivity index (χ1v) is 7.73. The second kappa shape index (κ2) is 5.43. The van der Waals surface area contributed by atoms with E-state index in [1.807, 2.05) is 17.1 Å². The van der Waals surface area contributed by atoms with Gasteiger partial charge >= 0.3 is 0 Å². The van der Waals surface area contributed by atoms with Gasteiger partial charge in [-0.3, -0.25) is 0 Å².